The molecule has 3 aromatic rings. The summed E-state index contributed by atoms with van der Waals surface area (Å²) in [5.74, 6) is -0.0464. The van der Waals surface area contributed by atoms with Gasteiger partial charge in [-0.1, -0.05) is 12.1 Å². The number of aliphatic imine (C=N–C) groups is 1. The number of halogens is 2. The number of ether oxygens (including phenoxy) is 2. The van der Waals surface area contributed by atoms with E-state index in [4.69, 9.17) is 9.47 Å². The highest BCUT2D eigenvalue weighted by molar-refractivity contribution is 6.14. The standard InChI is InChI=1S/C29H25F2N3O3/c1-19(27-17-33-28(16-26(27)29(35)36-3)21-6-8-22(30)9-7-21)34(32-2)18-20-4-12-24(13-5-20)37-25-14-10-23(31)11-15-25/h4-16H,2,17-18H2,1,3H3/b27-19+. The van der Waals surface area contributed by atoms with Crippen LogP contribution < -0.4 is 4.74 Å². The second-order valence-corrected chi connectivity index (χ2v) is 8.22. The average molecular weight is 502 g/mol. The van der Waals surface area contributed by atoms with Crippen molar-refractivity contribution in [1.82, 2.24) is 5.01 Å². The van der Waals surface area contributed by atoms with Crippen LogP contribution >= 0.6 is 0 Å². The number of hydrazone groups is 1. The minimum atomic E-state index is -0.504. The van der Waals surface area contributed by atoms with Gasteiger partial charge in [-0.15, -0.1) is 0 Å². The highest BCUT2D eigenvalue weighted by atomic mass is 19.1. The molecule has 0 aromatic heterocycles. The van der Waals surface area contributed by atoms with Crippen molar-refractivity contribution < 1.29 is 23.0 Å². The van der Waals surface area contributed by atoms with Gasteiger partial charge in [0, 0.05) is 18.0 Å². The highest BCUT2D eigenvalue weighted by Crippen LogP contribution is 2.27. The van der Waals surface area contributed by atoms with Gasteiger partial charge in [0.25, 0.3) is 0 Å². The van der Waals surface area contributed by atoms with E-state index < -0.39 is 5.97 Å². The summed E-state index contributed by atoms with van der Waals surface area (Å²) in [6.45, 7) is 6.14. The van der Waals surface area contributed by atoms with Crippen LogP contribution in [0.25, 0.3) is 0 Å². The maximum atomic E-state index is 13.3. The average Bonchev–Trinajstić information content (AvgIpc) is 2.93. The van der Waals surface area contributed by atoms with Gasteiger partial charge in [0.15, 0.2) is 0 Å². The molecule has 188 valence electrons. The van der Waals surface area contributed by atoms with Crippen LogP contribution in [0.4, 0.5) is 8.78 Å². The number of dihydropyridines is 1. The summed E-state index contributed by atoms with van der Waals surface area (Å²) in [6.07, 6.45) is 1.64. The molecule has 37 heavy (non-hydrogen) atoms. The molecule has 0 radical (unpaired) electrons. The molecule has 0 unspecified atom stereocenters. The lowest BCUT2D eigenvalue weighted by molar-refractivity contribution is -0.135. The molecule has 0 atom stereocenters. The monoisotopic (exact) mass is 501 g/mol. The number of methoxy groups -OCH3 is 1. The minimum Gasteiger partial charge on any atom is -0.465 e. The molecular formula is C29H25F2N3O3. The largest absolute Gasteiger partial charge is 0.465 e. The Balaban J connectivity index is 1.54. The molecule has 8 heteroatoms. The summed E-state index contributed by atoms with van der Waals surface area (Å²) in [6, 6.07) is 19.1. The van der Waals surface area contributed by atoms with Gasteiger partial charge in [-0.2, -0.15) is 5.10 Å². The van der Waals surface area contributed by atoms with E-state index in [0.717, 1.165) is 5.56 Å². The summed E-state index contributed by atoms with van der Waals surface area (Å²) in [4.78, 5) is 17.3. The van der Waals surface area contributed by atoms with Crippen LogP contribution in [0.1, 0.15) is 18.1 Å². The van der Waals surface area contributed by atoms with E-state index in [1.807, 2.05) is 31.2 Å². The number of hydrogen-bond acceptors (Lipinski definition) is 6. The summed E-state index contributed by atoms with van der Waals surface area (Å²) < 4.78 is 37.2. The Hall–Kier alpha value is -4.59. The predicted octanol–water partition coefficient (Wildman–Crippen LogP) is 6.05. The van der Waals surface area contributed by atoms with Gasteiger partial charge in [0.2, 0.25) is 0 Å². The first-order valence-corrected chi connectivity index (χ1v) is 11.4. The second-order valence-electron chi connectivity index (χ2n) is 8.22. The molecule has 0 aliphatic carbocycles. The zero-order valence-corrected chi connectivity index (χ0v) is 20.4. The van der Waals surface area contributed by atoms with Crippen molar-refractivity contribution in [1.29, 1.82) is 0 Å². The summed E-state index contributed by atoms with van der Waals surface area (Å²) in [7, 11) is 1.32. The zero-order valence-electron chi connectivity index (χ0n) is 20.4. The number of rotatable bonds is 8. The van der Waals surface area contributed by atoms with Crippen LogP contribution in [0.15, 0.2) is 106 Å². The Labute approximate surface area is 213 Å². The van der Waals surface area contributed by atoms with E-state index in [2.05, 4.69) is 16.8 Å². The first-order valence-electron chi connectivity index (χ1n) is 11.4. The summed E-state index contributed by atoms with van der Waals surface area (Å²) >= 11 is 0. The lowest BCUT2D eigenvalue weighted by Crippen LogP contribution is -2.23. The molecule has 0 saturated carbocycles. The summed E-state index contributed by atoms with van der Waals surface area (Å²) in [5.41, 5.74) is 3.88. The second kappa shape index (κ2) is 11.4. The fourth-order valence-corrected chi connectivity index (χ4v) is 3.82. The topological polar surface area (TPSA) is 63.5 Å². The molecule has 6 nitrogen and oxygen atoms in total. The van der Waals surface area contributed by atoms with Crippen molar-refractivity contribution in [3.63, 3.8) is 0 Å². The molecule has 1 aliphatic heterocycles. The fraction of sp³-hybridized carbons (Fsp3) is 0.138. The van der Waals surface area contributed by atoms with E-state index in [9.17, 15) is 13.6 Å². The minimum absolute atomic E-state index is 0.218. The zero-order chi connectivity index (χ0) is 26.4. The van der Waals surface area contributed by atoms with Gasteiger partial charge in [0.1, 0.15) is 23.1 Å². The first-order chi connectivity index (χ1) is 17.9. The molecule has 0 saturated heterocycles. The molecular weight excluding hydrogens is 476 g/mol. The van der Waals surface area contributed by atoms with Gasteiger partial charge < -0.3 is 9.47 Å². The number of carbonyl (C=O) groups excluding carboxylic acids is 1. The van der Waals surface area contributed by atoms with E-state index in [-0.39, 0.29) is 18.2 Å². The van der Waals surface area contributed by atoms with Crippen LogP contribution in [0.3, 0.4) is 0 Å². The van der Waals surface area contributed by atoms with Crippen molar-refractivity contribution in [3.05, 3.63) is 118 Å². The van der Waals surface area contributed by atoms with Crippen LogP contribution in [-0.4, -0.2) is 37.1 Å². The van der Waals surface area contributed by atoms with Gasteiger partial charge in [-0.05, 0) is 84.8 Å². The number of allylic oxidation sites excluding steroid dienone is 2. The SMILES string of the molecule is C=NN(Cc1ccc(Oc2ccc(F)cc2)cc1)/C(C)=C1\CN=C(c2ccc(F)cc2)C=C1C(=O)OC. The van der Waals surface area contributed by atoms with Crippen molar-refractivity contribution >= 4 is 18.4 Å². The Bertz CT molecular complexity index is 1380. The smallest absolute Gasteiger partial charge is 0.338 e. The third-order valence-electron chi connectivity index (χ3n) is 5.86. The maximum absolute atomic E-state index is 13.3. The lowest BCUT2D eigenvalue weighted by atomic mass is 9.96. The number of nitrogens with zero attached hydrogens (tertiary/aromatic N) is 3. The lowest BCUT2D eigenvalue weighted by Gasteiger charge is -2.25. The van der Waals surface area contributed by atoms with Gasteiger partial charge >= 0.3 is 5.97 Å². The number of esters is 1. The third-order valence-corrected chi connectivity index (χ3v) is 5.86. The van der Waals surface area contributed by atoms with Gasteiger partial charge in [-0.3, -0.25) is 10.0 Å². The van der Waals surface area contributed by atoms with Crippen LogP contribution in [0, 0.1) is 11.6 Å². The third kappa shape index (κ3) is 6.16. The van der Waals surface area contributed by atoms with E-state index in [0.29, 0.717) is 46.2 Å². The molecule has 3 aromatic carbocycles. The summed E-state index contributed by atoms with van der Waals surface area (Å²) in [5, 5.41) is 5.83. The van der Waals surface area contributed by atoms with Crippen molar-refractivity contribution in [2.45, 2.75) is 13.5 Å². The molecule has 0 fully saturated rings. The molecule has 0 bridgehead atoms. The van der Waals surface area contributed by atoms with Crippen molar-refractivity contribution in [2.24, 2.45) is 10.1 Å². The highest BCUT2D eigenvalue weighted by Gasteiger charge is 2.24. The Morgan fingerprint density at radius 1 is 0.973 bits per heavy atom. The van der Waals surface area contributed by atoms with Crippen LogP contribution in [0.2, 0.25) is 0 Å². The van der Waals surface area contributed by atoms with Crippen molar-refractivity contribution in [3.8, 4) is 11.5 Å². The fourth-order valence-electron chi connectivity index (χ4n) is 3.82. The van der Waals surface area contributed by atoms with Crippen molar-refractivity contribution in [2.75, 3.05) is 13.7 Å². The Morgan fingerprint density at radius 3 is 2.11 bits per heavy atom. The van der Waals surface area contributed by atoms with E-state index in [1.54, 1.807) is 35.4 Å². The maximum Gasteiger partial charge on any atom is 0.338 e. The Morgan fingerprint density at radius 2 is 1.54 bits per heavy atom. The predicted molar refractivity (Wildman–Crippen MR) is 139 cm³/mol. The molecule has 0 amide bonds. The normalized spacial score (nSPS) is 14.3. The molecule has 1 heterocycles. The quantitative estimate of drug-likeness (QED) is 0.214. The number of benzene rings is 3. The van der Waals surface area contributed by atoms with Crippen LogP contribution in [0.5, 0.6) is 11.5 Å². The molecule has 1 aliphatic rings. The van der Waals surface area contributed by atoms with E-state index in [1.165, 1.54) is 31.4 Å². The van der Waals surface area contributed by atoms with Gasteiger partial charge in [0.05, 0.1) is 31.5 Å². The number of hydrogen-bond donors (Lipinski definition) is 0. The molecule has 0 spiro atoms. The first kappa shape index (κ1) is 25.5. The van der Waals surface area contributed by atoms with Crippen LogP contribution in [-0.2, 0) is 16.1 Å². The Kier molecular flexibility index (Phi) is 7.88. The van der Waals surface area contributed by atoms with Gasteiger partial charge in [-0.25, -0.2) is 13.6 Å². The molecule has 0 N–H and O–H groups in total. The number of carbonyl (C=O) groups is 1. The molecule has 4 rings (SSSR count). The van der Waals surface area contributed by atoms with E-state index >= 15 is 0 Å².